The number of nitrogens with two attached hydrogens (primary N) is 1. The highest BCUT2D eigenvalue weighted by atomic mass is 35.5. The molecule has 1 unspecified atom stereocenters. The number of anilines is 1. The van der Waals surface area contributed by atoms with Gasteiger partial charge >= 0.3 is 0 Å². The Morgan fingerprint density at radius 1 is 1.06 bits per heavy atom. The zero-order chi connectivity index (χ0) is 21.3. The van der Waals surface area contributed by atoms with Crippen LogP contribution in [0.4, 0.5) is 5.69 Å². The summed E-state index contributed by atoms with van der Waals surface area (Å²) in [4.78, 5) is 45.4. The fourth-order valence-corrected chi connectivity index (χ4v) is 4.09. The topological polar surface area (TPSA) is 121 Å². The third-order valence-corrected chi connectivity index (χ3v) is 5.86. The van der Waals surface area contributed by atoms with Crippen molar-refractivity contribution in [2.45, 2.75) is 38.1 Å². The summed E-state index contributed by atoms with van der Waals surface area (Å²) >= 11 is 0. The lowest BCUT2D eigenvalue weighted by Crippen LogP contribution is -2.56. The molecule has 3 rings (SSSR count). The number of nitrogens with zero attached hydrogens (tertiary/aromatic N) is 3. The van der Waals surface area contributed by atoms with Crippen molar-refractivity contribution in [1.29, 1.82) is 0 Å². The number of pyridine rings is 1. The minimum atomic E-state index is -0.778. The summed E-state index contributed by atoms with van der Waals surface area (Å²) in [5, 5.41) is 5.55. The predicted octanol–water partition coefficient (Wildman–Crippen LogP) is 0.292. The molecule has 0 aliphatic carbocycles. The summed E-state index contributed by atoms with van der Waals surface area (Å²) in [6.07, 6.45) is 8.06. The van der Waals surface area contributed by atoms with Gasteiger partial charge in [-0.3, -0.25) is 19.4 Å². The van der Waals surface area contributed by atoms with Gasteiger partial charge in [-0.05, 0) is 44.2 Å². The first-order chi connectivity index (χ1) is 14.6. The number of hydrogen-bond donors (Lipinski definition) is 3. The molecular weight excluding hydrogens is 420 g/mol. The molecule has 3 heterocycles. The monoisotopic (exact) mass is 452 g/mol. The lowest BCUT2D eigenvalue weighted by atomic mass is 9.95. The molecule has 0 bridgehead atoms. The normalized spacial score (nSPS) is 18.0. The number of hydrogen-bond acceptors (Lipinski definition) is 6. The van der Waals surface area contributed by atoms with E-state index in [1.54, 1.807) is 17.3 Å². The van der Waals surface area contributed by atoms with Crippen LogP contribution in [0.15, 0.2) is 24.5 Å². The van der Waals surface area contributed by atoms with Crippen LogP contribution in [0.25, 0.3) is 0 Å². The number of nitrogens with one attached hydrogen (secondary N) is 2. The average molecular weight is 453 g/mol. The maximum Gasteiger partial charge on any atom is 0.246 e. The van der Waals surface area contributed by atoms with Crippen molar-refractivity contribution in [1.82, 2.24) is 20.5 Å². The van der Waals surface area contributed by atoms with Gasteiger partial charge in [-0.2, -0.15) is 0 Å². The number of likely N-dealkylation sites (tertiary alicyclic amines) is 1. The average Bonchev–Trinajstić information content (AvgIpc) is 2.82. The number of piperidine rings is 2. The molecule has 31 heavy (non-hydrogen) atoms. The van der Waals surface area contributed by atoms with E-state index < -0.39 is 11.9 Å². The molecule has 10 heteroatoms. The second-order valence-electron chi connectivity index (χ2n) is 7.92. The van der Waals surface area contributed by atoms with Gasteiger partial charge in [-0.15, -0.1) is 12.4 Å². The Morgan fingerprint density at radius 2 is 1.71 bits per heavy atom. The van der Waals surface area contributed by atoms with E-state index in [2.05, 4.69) is 20.5 Å². The van der Waals surface area contributed by atoms with Crippen molar-refractivity contribution in [3.63, 3.8) is 0 Å². The minimum Gasteiger partial charge on any atom is -0.371 e. The molecule has 0 saturated carbocycles. The van der Waals surface area contributed by atoms with E-state index in [1.807, 2.05) is 12.1 Å². The Hall–Kier alpha value is -2.39. The maximum absolute atomic E-state index is 12.8. The first-order valence-electron chi connectivity index (χ1n) is 10.8. The van der Waals surface area contributed by atoms with Crippen molar-refractivity contribution in [2.24, 2.45) is 11.7 Å². The molecule has 2 aliphatic heterocycles. The maximum atomic E-state index is 12.8. The van der Waals surface area contributed by atoms with Crippen LogP contribution in [-0.4, -0.2) is 72.9 Å². The molecule has 0 radical (unpaired) electrons. The Bertz CT molecular complexity index is 721. The molecule has 1 aromatic heterocycles. The van der Waals surface area contributed by atoms with Crippen LogP contribution in [0.1, 0.15) is 32.1 Å². The summed E-state index contributed by atoms with van der Waals surface area (Å²) in [5.74, 6) is -0.712. The summed E-state index contributed by atoms with van der Waals surface area (Å²) < 4.78 is 0. The second-order valence-corrected chi connectivity index (χ2v) is 7.92. The minimum absolute atomic E-state index is 0. The van der Waals surface area contributed by atoms with Gasteiger partial charge < -0.3 is 26.2 Å². The first kappa shape index (κ1) is 24.9. The Kier molecular flexibility index (Phi) is 10.00. The van der Waals surface area contributed by atoms with E-state index in [9.17, 15) is 14.4 Å². The van der Waals surface area contributed by atoms with Gasteiger partial charge in [0.15, 0.2) is 0 Å². The van der Waals surface area contributed by atoms with E-state index >= 15 is 0 Å². The largest absolute Gasteiger partial charge is 0.371 e. The molecular formula is C21H33ClN6O3. The number of carbonyl (C=O) groups excluding carboxylic acids is 3. The summed E-state index contributed by atoms with van der Waals surface area (Å²) in [6.45, 7) is 2.87. The van der Waals surface area contributed by atoms with E-state index in [1.165, 1.54) is 0 Å². The fourth-order valence-electron chi connectivity index (χ4n) is 4.09. The van der Waals surface area contributed by atoms with Gasteiger partial charge in [0.25, 0.3) is 0 Å². The SMILES string of the molecule is Cl.NCC(=O)NC(CNC(=O)C1CCN(c2ccncc2)CC1)C(=O)N1CCCCC1. The smallest absolute Gasteiger partial charge is 0.246 e. The van der Waals surface area contributed by atoms with Crippen molar-refractivity contribution in [3.05, 3.63) is 24.5 Å². The van der Waals surface area contributed by atoms with Gasteiger partial charge in [-0.1, -0.05) is 0 Å². The number of aromatic nitrogens is 1. The van der Waals surface area contributed by atoms with Crippen LogP contribution >= 0.6 is 12.4 Å². The molecule has 0 spiro atoms. The highest BCUT2D eigenvalue weighted by molar-refractivity contribution is 5.89. The van der Waals surface area contributed by atoms with Crippen molar-refractivity contribution in [3.8, 4) is 0 Å². The zero-order valence-corrected chi connectivity index (χ0v) is 18.6. The molecule has 1 aromatic rings. The van der Waals surface area contributed by atoms with Gasteiger partial charge in [0.05, 0.1) is 6.54 Å². The van der Waals surface area contributed by atoms with Crippen LogP contribution < -0.4 is 21.3 Å². The van der Waals surface area contributed by atoms with E-state index in [0.717, 1.165) is 50.9 Å². The predicted molar refractivity (Wildman–Crippen MR) is 121 cm³/mol. The van der Waals surface area contributed by atoms with Crippen molar-refractivity contribution < 1.29 is 14.4 Å². The summed E-state index contributed by atoms with van der Waals surface area (Å²) in [6, 6.07) is 3.16. The standard InChI is InChI=1S/C21H32N6O3.ClH/c22-14-19(28)25-18(21(30)27-10-2-1-3-11-27)15-24-20(29)16-6-12-26(13-7-16)17-4-8-23-9-5-17;/h4-5,8-9,16,18H,1-3,6-7,10-15,22H2,(H,24,29)(H,25,28);1H. The second kappa shape index (κ2) is 12.5. The van der Waals surface area contributed by atoms with Crippen molar-refractivity contribution >= 4 is 35.8 Å². The molecule has 2 fully saturated rings. The van der Waals surface area contributed by atoms with Gasteiger partial charge in [0, 0.05) is 56.7 Å². The molecule has 2 aliphatic rings. The lowest BCUT2D eigenvalue weighted by Gasteiger charge is -2.33. The third-order valence-electron chi connectivity index (χ3n) is 5.86. The van der Waals surface area contributed by atoms with Crippen LogP contribution in [0.2, 0.25) is 0 Å². The number of rotatable bonds is 7. The number of carbonyl (C=O) groups is 3. The van der Waals surface area contributed by atoms with Gasteiger partial charge in [0.2, 0.25) is 17.7 Å². The Balaban J connectivity index is 0.00000341. The Morgan fingerprint density at radius 3 is 2.32 bits per heavy atom. The van der Waals surface area contributed by atoms with Crippen LogP contribution in [0.5, 0.6) is 0 Å². The van der Waals surface area contributed by atoms with Gasteiger partial charge in [0.1, 0.15) is 6.04 Å². The number of halogens is 1. The van der Waals surface area contributed by atoms with E-state index in [4.69, 9.17) is 5.73 Å². The quantitative estimate of drug-likeness (QED) is 0.547. The molecule has 2 saturated heterocycles. The first-order valence-corrected chi connectivity index (χ1v) is 10.8. The van der Waals surface area contributed by atoms with E-state index in [0.29, 0.717) is 13.1 Å². The summed E-state index contributed by atoms with van der Waals surface area (Å²) in [7, 11) is 0. The van der Waals surface area contributed by atoms with Crippen LogP contribution in [0, 0.1) is 5.92 Å². The highest BCUT2D eigenvalue weighted by Crippen LogP contribution is 2.22. The lowest BCUT2D eigenvalue weighted by molar-refractivity contribution is -0.137. The zero-order valence-electron chi connectivity index (χ0n) is 17.8. The molecule has 1 atom stereocenters. The molecule has 9 nitrogen and oxygen atoms in total. The third kappa shape index (κ3) is 7.07. The Labute approximate surface area is 189 Å². The van der Waals surface area contributed by atoms with Crippen molar-refractivity contribution in [2.75, 3.05) is 44.2 Å². The molecule has 4 N–H and O–H groups in total. The van der Waals surface area contributed by atoms with E-state index in [-0.39, 0.29) is 43.2 Å². The highest BCUT2D eigenvalue weighted by Gasteiger charge is 2.29. The van der Waals surface area contributed by atoms with Crippen LogP contribution in [0.3, 0.4) is 0 Å². The fraction of sp³-hybridized carbons (Fsp3) is 0.619. The molecule has 172 valence electrons. The van der Waals surface area contributed by atoms with Gasteiger partial charge in [-0.25, -0.2) is 0 Å². The van der Waals surface area contributed by atoms with Crippen LogP contribution in [-0.2, 0) is 14.4 Å². The summed E-state index contributed by atoms with van der Waals surface area (Å²) in [5.41, 5.74) is 6.51. The number of amides is 3. The molecule has 3 amide bonds. The molecule has 0 aromatic carbocycles.